The van der Waals surface area contributed by atoms with Crippen LogP contribution in [0.15, 0.2) is 30.5 Å². The molecule has 1 aliphatic carbocycles. The average Bonchev–Trinajstić information content (AvgIpc) is 3.17. The van der Waals surface area contributed by atoms with Crippen LogP contribution in [0.4, 0.5) is 0 Å². The molecule has 118 valence electrons. The van der Waals surface area contributed by atoms with Crippen LogP contribution in [-0.4, -0.2) is 31.9 Å². The van der Waals surface area contributed by atoms with Crippen molar-refractivity contribution in [2.75, 3.05) is 6.54 Å². The summed E-state index contributed by atoms with van der Waals surface area (Å²) in [5.41, 5.74) is 3.14. The monoisotopic (exact) mass is 326 g/mol. The zero-order valence-corrected chi connectivity index (χ0v) is 13.8. The Morgan fingerprint density at radius 2 is 2.22 bits per heavy atom. The number of aromatic nitrogens is 3. The molecule has 6 heteroatoms. The highest BCUT2D eigenvalue weighted by atomic mass is 32.1. The largest absolute Gasteiger partial charge is 0.361 e. The molecule has 0 unspecified atom stereocenters. The van der Waals surface area contributed by atoms with Crippen molar-refractivity contribution in [3.63, 3.8) is 0 Å². The molecular weight excluding hydrogens is 308 g/mol. The van der Waals surface area contributed by atoms with E-state index in [1.54, 1.807) is 0 Å². The van der Waals surface area contributed by atoms with Crippen molar-refractivity contribution >= 4 is 28.3 Å². The predicted molar refractivity (Wildman–Crippen MR) is 90.6 cm³/mol. The van der Waals surface area contributed by atoms with Crippen LogP contribution < -0.4 is 0 Å². The number of aromatic amines is 1. The summed E-state index contributed by atoms with van der Waals surface area (Å²) in [6.07, 6.45) is 4.24. The van der Waals surface area contributed by atoms with E-state index in [-0.39, 0.29) is 5.91 Å². The first-order valence-electron chi connectivity index (χ1n) is 7.94. The van der Waals surface area contributed by atoms with E-state index in [2.05, 4.69) is 26.7 Å². The highest BCUT2D eigenvalue weighted by Gasteiger charge is 2.33. The Morgan fingerprint density at radius 3 is 3.00 bits per heavy atom. The Bertz CT molecular complexity index is 849. The number of amides is 1. The first-order chi connectivity index (χ1) is 11.3. The van der Waals surface area contributed by atoms with Gasteiger partial charge in [-0.25, -0.2) is 0 Å². The predicted octanol–water partition coefficient (Wildman–Crippen LogP) is 3.56. The van der Waals surface area contributed by atoms with Crippen molar-refractivity contribution in [2.45, 2.75) is 32.2 Å². The number of hydrogen-bond acceptors (Lipinski definition) is 4. The fourth-order valence-electron chi connectivity index (χ4n) is 2.91. The van der Waals surface area contributed by atoms with Crippen molar-refractivity contribution in [1.82, 2.24) is 19.5 Å². The van der Waals surface area contributed by atoms with Gasteiger partial charge in [-0.05, 0) is 42.9 Å². The van der Waals surface area contributed by atoms with Gasteiger partial charge in [-0.15, -0.1) is 5.10 Å². The van der Waals surface area contributed by atoms with Crippen LogP contribution in [0.25, 0.3) is 10.9 Å². The van der Waals surface area contributed by atoms with Gasteiger partial charge >= 0.3 is 0 Å². The lowest BCUT2D eigenvalue weighted by Crippen LogP contribution is -2.30. The van der Waals surface area contributed by atoms with Gasteiger partial charge in [0.25, 0.3) is 5.91 Å². The molecule has 1 aromatic carbocycles. The topological polar surface area (TPSA) is 61.9 Å². The molecule has 2 aromatic heterocycles. The van der Waals surface area contributed by atoms with E-state index in [1.807, 2.05) is 30.2 Å². The SMILES string of the molecule is CCN(Cc1c[nH]c2ccccc12)C(=O)c1snnc1C1CC1. The molecule has 0 aliphatic heterocycles. The third kappa shape index (κ3) is 2.63. The molecule has 1 aliphatic rings. The molecular formula is C17H18N4OS. The molecule has 3 aromatic rings. The molecule has 0 atom stereocenters. The fourth-order valence-corrected chi connectivity index (χ4v) is 3.63. The minimum Gasteiger partial charge on any atom is -0.361 e. The molecule has 0 spiro atoms. The molecule has 2 heterocycles. The summed E-state index contributed by atoms with van der Waals surface area (Å²) in [6.45, 7) is 3.28. The Kier molecular flexibility index (Phi) is 3.61. The van der Waals surface area contributed by atoms with Crippen molar-refractivity contribution in [1.29, 1.82) is 0 Å². The fraction of sp³-hybridized carbons (Fsp3) is 0.353. The van der Waals surface area contributed by atoms with Crippen LogP contribution in [0, 0.1) is 0 Å². The van der Waals surface area contributed by atoms with Crippen LogP contribution >= 0.6 is 11.5 Å². The number of rotatable bonds is 5. The molecule has 1 N–H and O–H groups in total. The Balaban J connectivity index is 1.60. The molecule has 1 fully saturated rings. The van der Waals surface area contributed by atoms with Gasteiger partial charge in [0.15, 0.2) is 0 Å². The molecule has 1 saturated carbocycles. The second kappa shape index (κ2) is 5.77. The number of benzene rings is 1. The standard InChI is InChI=1S/C17H18N4OS/c1-2-21(10-12-9-18-14-6-4-3-5-13(12)14)17(22)16-15(11-7-8-11)19-20-23-16/h3-6,9,11,18H,2,7-8,10H2,1H3. The Morgan fingerprint density at radius 1 is 1.39 bits per heavy atom. The zero-order valence-electron chi connectivity index (χ0n) is 13.0. The van der Waals surface area contributed by atoms with E-state index < -0.39 is 0 Å². The number of nitrogens with zero attached hydrogens (tertiary/aromatic N) is 3. The highest BCUT2D eigenvalue weighted by Crippen LogP contribution is 2.41. The number of hydrogen-bond donors (Lipinski definition) is 1. The van der Waals surface area contributed by atoms with Crippen LogP contribution in [0.1, 0.15) is 46.6 Å². The average molecular weight is 326 g/mol. The van der Waals surface area contributed by atoms with Crippen molar-refractivity contribution in [2.24, 2.45) is 0 Å². The second-order valence-corrected chi connectivity index (χ2v) is 6.69. The normalized spacial score (nSPS) is 14.3. The minimum absolute atomic E-state index is 0.0506. The lowest BCUT2D eigenvalue weighted by molar-refractivity contribution is 0.0757. The van der Waals surface area contributed by atoms with Crippen LogP contribution in [0.3, 0.4) is 0 Å². The van der Waals surface area contributed by atoms with Crippen LogP contribution in [-0.2, 0) is 6.54 Å². The summed E-state index contributed by atoms with van der Waals surface area (Å²) in [5.74, 6) is 0.495. The molecule has 1 amide bonds. The number of fused-ring (bicyclic) bond motifs is 1. The Hall–Kier alpha value is -2.21. The highest BCUT2D eigenvalue weighted by molar-refractivity contribution is 7.08. The second-order valence-electron chi connectivity index (χ2n) is 5.94. The Labute approximate surface area is 138 Å². The van der Waals surface area contributed by atoms with Gasteiger partial charge in [-0.1, -0.05) is 22.7 Å². The van der Waals surface area contributed by atoms with Crippen molar-refractivity contribution in [3.05, 3.63) is 46.6 Å². The number of carbonyl (C=O) groups excluding carboxylic acids is 1. The summed E-state index contributed by atoms with van der Waals surface area (Å²) in [7, 11) is 0. The van der Waals surface area contributed by atoms with Gasteiger partial charge in [-0.3, -0.25) is 4.79 Å². The molecule has 5 nitrogen and oxygen atoms in total. The van der Waals surface area contributed by atoms with Gasteiger partial charge in [0, 0.05) is 36.1 Å². The lowest BCUT2D eigenvalue weighted by atomic mass is 10.1. The van der Waals surface area contributed by atoms with E-state index in [9.17, 15) is 4.79 Å². The molecule has 0 saturated heterocycles. The molecule has 4 rings (SSSR count). The van der Waals surface area contributed by atoms with E-state index in [0.29, 0.717) is 23.9 Å². The summed E-state index contributed by atoms with van der Waals surface area (Å²) < 4.78 is 4.01. The minimum atomic E-state index is 0.0506. The van der Waals surface area contributed by atoms with Crippen LogP contribution in [0.5, 0.6) is 0 Å². The van der Waals surface area contributed by atoms with Crippen LogP contribution in [0.2, 0.25) is 0 Å². The summed E-state index contributed by atoms with van der Waals surface area (Å²) in [4.78, 5) is 18.8. The van der Waals surface area contributed by atoms with Gasteiger partial charge in [0.2, 0.25) is 0 Å². The third-order valence-corrected chi connectivity index (χ3v) is 5.11. The molecule has 23 heavy (non-hydrogen) atoms. The van der Waals surface area contributed by atoms with E-state index in [0.717, 1.165) is 29.6 Å². The number of H-pyrrole nitrogens is 1. The third-order valence-electron chi connectivity index (χ3n) is 4.38. The van der Waals surface area contributed by atoms with Gasteiger partial charge in [0.1, 0.15) is 4.88 Å². The van der Waals surface area contributed by atoms with Crippen molar-refractivity contribution < 1.29 is 4.79 Å². The summed E-state index contributed by atoms with van der Waals surface area (Å²) in [6, 6.07) is 8.17. The smallest absolute Gasteiger partial charge is 0.267 e. The quantitative estimate of drug-likeness (QED) is 0.780. The van der Waals surface area contributed by atoms with Crippen molar-refractivity contribution in [3.8, 4) is 0 Å². The summed E-state index contributed by atoms with van der Waals surface area (Å²) in [5, 5.41) is 5.35. The number of para-hydroxylation sites is 1. The van der Waals surface area contributed by atoms with E-state index in [1.165, 1.54) is 16.9 Å². The lowest BCUT2D eigenvalue weighted by Gasteiger charge is -2.20. The first-order valence-corrected chi connectivity index (χ1v) is 8.71. The van der Waals surface area contributed by atoms with E-state index in [4.69, 9.17) is 0 Å². The number of carbonyl (C=O) groups is 1. The van der Waals surface area contributed by atoms with Gasteiger partial charge in [-0.2, -0.15) is 0 Å². The number of nitrogens with one attached hydrogen (secondary N) is 1. The summed E-state index contributed by atoms with van der Waals surface area (Å²) >= 11 is 1.23. The van der Waals surface area contributed by atoms with E-state index >= 15 is 0 Å². The molecule has 0 radical (unpaired) electrons. The van der Waals surface area contributed by atoms with Gasteiger partial charge < -0.3 is 9.88 Å². The zero-order chi connectivity index (χ0) is 15.8. The maximum atomic E-state index is 12.9. The van der Waals surface area contributed by atoms with Gasteiger partial charge in [0.05, 0.1) is 5.69 Å². The maximum Gasteiger partial charge on any atom is 0.267 e. The first kappa shape index (κ1) is 14.4. The molecule has 0 bridgehead atoms. The maximum absolute atomic E-state index is 12.9.